The number of carbonyl (C=O) groups is 1. The van der Waals surface area contributed by atoms with Gasteiger partial charge < -0.3 is 21.3 Å². The highest BCUT2D eigenvalue weighted by atomic mass is 16.2. The third kappa shape index (κ3) is 9.62. The van der Waals surface area contributed by atoms with Gasteiger partial charge in [0, 0.05) is 31.9 Å². The number of hydrogen-bond donors (Lipinski definition) is 4. The smallest absolute Gasteiger partial charge is 0.237 e. The molecule has 0 radical (unpaired) electrons. The summed E-state index contributed by atoms with van der Waals surface area (Å²) in [6.07, 6.45) is 8.33. The van der Waals surface area contributed by atoms with Gasteiger partial charge in [0.2, 0.25) is 5.91 Å². The molecular weight excluding hydrogens is 410 g/mol. The van der Waals surface area contributed by atoms with Crippen LogP contribution in [-0.2, 0) is 24.4 Å². The highest BCUT2D eigenvalue weighted by Gasteiger charge is 2.17. The van der Waals surface area contributed by atoms with E-state index in [0.717, 1.165) is 49.3 Å². The van der Waals surface area contributed by atoms with Gasteiger partial charge in [-0.2, -0.15) is 0 Å². The number of nitrogens with zero attached hydrogens (tertiary/aromatic N) is 1. The molecule has 2 aromatic rings. The molecule has 1 amide bonds. The van der Waals surface area contributed by atoms with Crippen LogP contribution in [0.15, 0.2) is 48.7 Å². The maximum atomic E-state index is 12.3. The number of nitrogens with one attached hydrogen (secondary N) is 4. The van der Waals surface area contributed by atoms with E-state index in [1.807, 2.05) is 25.1 Å². The van der Waals surface area contributed by atoms with E-state index >= 15 is 0 Å². The maximum Gasteiger partial charge on any atom is 0.237 e. The van der Waals surface area contributed by atoms with Crippen LogP contribution in [0.4, 0.5) is 0 Å². The quantitative estimate of drug-likeness (QED) is 0.351. The van der Waals surface area contributed by atoms with Gasteiger partial charge in [-0.15, -0.1) is 0 Å². The number of carbonyl (C=O) groups excluding carboxylic acids is 1. The van der Waals surface area contributed by atoms with Gasteiger partial charge >= 0.3 is 0 Å². The van der Waals surface area contributed by atoms with Crippen molar-refractivity contribution in [3.63, 3.8) is 0 Å². The molecule has 6 nitrogen and oxygen atoms in total. The minimum absolute atomic E-state index is 0.00646. The van der Waals surface area contributed by atoms with Crippen LogP contribution >= 0.6 is 0 Å². The number of rotatable bonds is 13. The molecule has 1 heterocycles. The molecular formula is C27H41N5O. The maximum absolute atomic E-state index is 12.3. The molecule has 0 saturated heterocycles. The third-order valence-corrected chi connectivity index (χ3v) is 6.51. The van der Waals surface area contributed by atoms with Crippen LogP contribution in [0.3, 0.4) is 0 Å². The lowest BCUT2D eigenvalue weighted by Crippen LogP contribution is -2.41. The minimum atomic E-state index is -0.272. The van der Waals surface area contributed by atoms with Gasteiger partial charge in [-0.05, 0) is 81.3 Å². The lowest BCUT2D eigenvalue weighted by molar-refractivity contribution is -0.122. The van der Waals surface area contributed by atoms with E-state index in [0.29, 0.717) is 13.1 Å². The lowest BCUT2D eigenvalue weighted by Gasteiger charge is -2.27. The summed E-state index contributed by atoms with van der Waals surface area (Å²) in [5, 5.41) is 13.5. The Morgan fingerprint density at radius 3 is 2.39 bits per heavy atom. The van der Waals surface area contributed by atoms with E-state index in [1.54, 1.807) is 6.20 Å². The molecule has 1 aromatic carbocycles. The molecule has 1 atom stereocenters. The van der Waals surface area contributed by atoms with Crippen LogP contribution in [0.5, 0.6) is 0 Å². The average Bonchev–Trinajstić information content (AvgIpc) is 2.85. The first-order chi connectivity index (χ1) is 16.1. The first-order valence-electron chi connectivity index (χ1n) is 12.5. The lowest BCUT2D eigenvalue weighted by atomic mass is 9.87. The normalized spacial score (nSPS) is 19.2. The second-order valence-electron chi connectivity index (χ2n) is 9.40. The Balaban J connectivity index is 1.24. The van der Waals surface area contributed by atoms with Crippen molar-refractivity contribution in [2.45, 2.75) is 77.7 Å². The molecule has 1 saturated carbocycles. The molecule has 33 heavy (non-hydrogen) atoms. The number of benzene rings is 1. The standard InChI is InChI=1S/C27H41N5O/c1-21-7-13-25(14-8-21)29-17-5-15-28-18-23-9-11-24(12-10-23)19-32-27(33)22(2)31-20-26-6-3-4-16-30-26/h3-4,6,9-12,16,21-22,25,28-29,31H,5,7-8,13-15,17-20H2,1-2H3,(H,32,33)/t21?,22-,25?/m0/s1. The van der Waals surface area contributed by atoms with E-state index in [4.69, 9.17) is 0 Å². The monoisotopic (exact) mass is 451 g/mol. The fraction of sp³-hybridized carbons (Fsp3) is 0.556. The zero-order chi connectivity index (χ0) is 23.3. The first-order valence-corrected chi connectivity index (χ1v) is 12.5. The Morgan fingerprint density at radius 2 is 1.70 bits per heavy atom. The van der Waals surface area contributed by atoms with E-state index in [9.17, 15) is 4.79 Å². The molecule has 6 heteroatoms. The van der Waals surface area contributed by atoms with Gasteiger partial charge in [-0.1, -0.05) is 37.3 Å². The van der Waals surface area contributed by atoms with E-state index in [2.05, 4.69) is 57.4 Å². The predicted octanol–water partition coefficient (Wildman–Crippen LogP) is 3.52. The molecule has 180 valence electrons. The molecule has 1 aliphatic rings. The summed E-state index contributed by atoms with van der Waals surface area (Å²) in [6, 6.07) is 14.7. The molecule has 1 aromatic heterocycles. The zero-order valence-corrected chi connectivity index (χ0v) is 20.3. The molecule has 0 spiro atoms. The summed E-state index contributed by atoms with van der Waals surface area (Å²) in [5.41, 5.74) is 3.30. The summed E-state index contributed by atoms with van der Waals surface area (Å²) in [5.74, 6) is 0.906. The average molecular weight is 452 g/mol. The van der Waals surface area contributed by atoms with Crippen LogP contribution in [0.1, 0.15) is 62.8 Å². The summed E-state index contributed by atoms with van der Waals surface area (Å²) in [7, 11) is 0. The molecule has 4 N–H and O–H groups in total. The number of hydrogen-bond acceptors (Lipinski definition) is 5. The topological polar surface area (TPSA) is 78.1 Å². The van der Waals surface area contributed by atoms with E-state index < -0.39 is 0 Å². The Hall–Kier alpha value is -2.28. The fourth-order valence-corrected chi connectivity index (χ4v) is 4.19. The van der Waals surface area contributed by atoms with E-state index in [-0.39, 0.29) is 11.9 Å². The Morgan fingerprint density at radius 1 is 0.970 bits per heavy atom. The van der Waals surface area contributed by atoms with Crippen LogP contribution in [-0.4, -0.2) is 36.1 Å². The Labute approximate surface area is 199 Å². The summed E-state index contributed by atoms with van der Waals surface area (Å²) in [6.45, 7) is 8.35. The first kappa shape index (κ1) is 25.3. The second kappa shape index (κ2) is 14.1. The third-order valence-electron chi connectivity index (χ3n) is 6.51. The van der Waals surface area contributed by atoms with Crippen molar-refractivity contribution in [3.8, 4) is 0 Å². The highest BCUT2D eigenvalue weighted by Crippen LogP contribution is 2.23. The Kier molecular flexibility index (Phi) is 10.8. The van der Waals surface area contributed by atoms with Gasteiger partial charge in [-0.25, -0.2) is 0 Å². The van der Waals surface area contributed by atoms with Gasteiger partial charge in [0.1, 0.15) is 0 Å². The summed E-state index contributed by atoms with van der Waals surface area (Å²) in [4.78, 5) is 16.6. The zero-order valence-electron chi connectivity index (χ0n) is 20.3. The van der Waals surface area contributed by atoms with Crippen LogP contribution in [0.2, 0.25) is 0 Å². The number of pyridine rings is 1. The Bertz CT molecular complexity index is 803. The molecule has 0 bridgehead atoms. The van der Waals surface area contributed by atoms with Gasteiger partial charge in [0.05, 0.1) is 11.7 Å². The van der Waals surface area contributed by atoms with Crippen molar-refractivity contribution >= 4 is 5.91 Å². The van der Waals surface area contributed by atoms with Crippen molar-refractivity contribution in [1.82, 2.24) is 26.3 Å². The van der Waals surface area contributed by atoms with Crippen molar-refractivity contribution in [3.05, 3.63) is 65.5 Å². The van der Waals surface area contributed by atoms with E-state index in [1.165, 1.54) is 31.2 Å². The second-order valence-corrected chi connectivity index (χ2v) is 9.40. The molecule has 0 unspecified atom stereocenters. The number of amides is 1. The van der Waals surface area contributed by atoms with Crippen molar-refractivity contribution in [2.75, 3.05) is 13.1 Å². The number of aromatic nitrogens is 1. The minimum Gasteiger partial charge on any atom is -0.351 e. The van der Waals surface area contributed by atoms with Gasteiger partial charge in [-0.3, -0.25) is 9.78 Å². The largest absolute Gasteiger partial charge is 0.351 e. The van der Waals surface area contributed by atoms with Crippen LogP contribution < -0.4 is 21.3 Å². The molecule has 1 fully saturated rings. The predicted molar refractivity (Wildman–Crippen MR) is 135 cm³/mol. The summed E-state index contributed by atoms with van der Waals surface area (Å²) < 4.78 is 0. The van der Waals surface area contributed by atoms with Gasteiger partial charge in [0.25, 0.3) is 0 Å². The molecule has 3 rings (SSSR count). The fourth-order valence-electron chi connectivity index (χ4n) is 4.19. The highest BCUT2D eigenvalue weighted by molar-refractivity contribution is 5.81. The van der Waals surface area contributed by atoms with Crippen molar-refractivity contribution in [2.24, 2.45) is 5.92 Å². The molecule has 1 aliphatic carbocycles. The SMILES string of the molecule is CC1CCC(NCCCNCc2ccc(CNC(=O)[C@H](C)NCc3ccccn3)cc2)CC1. The van der Waals surface area contributed by atoms with Gasteiger partial charge in [0.15, 0.2) is 0 Å². The van der Waals surface area contributed by atoms with Crippen LogP contribution in [0.25, 0.3) is 0 Å². The van der Waals surface area contributed by atoms with Crippen molar-refractivity contribution in [1.29, 1.82) is 0 Å². The van der Waals surface area contributed by atoms with Crippen molar-refractivity contribution < 1.29 is 4.79 Å². The molecule has 0 aliphatic heterocycles. The summed E-state index contributed by atoms with van der Waals surface area (Å²) >= 11 is 0. The van der Waals surface area contributed by atoms with Crippen LogP contribution in [0, 0.1) is 5.92 Å².